The van der Waals surface area contributed by atoms with E-state index in [1.807, 2.05) is 60.7 Å². The van der Waals surface area contributed by atoms with Crippen molar-refractivity contribution < 1.29 is 24.5 Å². The third-order valence-corrected chi connectivity index (χ3v) is 13.7. The Labute approximate surface area is 432 Å². The Morgan fingerprint density at radius 2 is 1.00 bits per heavy atom. The number of carboxylic acids is 1. The summed E-state index contributed by atoms with van der Waals surface area (Å²) in [7, 11) is 0. The van der Waals surface area contributed by atoms with Crippen LogP contribution >= 0.6 is 93.1 Å². The number of benzene rings is 4. The molecule has 0 saturated carbocycles. The van der Waals surface area contributed by atoms with Gasteiger partial charge in [0.1, 0.15) is 0 Å². The number of pyridine rings is 2. The Bertz CT molecular complexity index is 3150. The van der Waals surface area contributed by atoms with Gasteiger partial charge in [0.15, 0.2) is 22.9 Å². The summed E-state index contributed by atoms with van der Waals surface area (Å²) in [5.74, 6) is -0.961. The molecular weight excluding hydrogens is 1050 g/mol. The fourth-order valence-electron chi connectivity index (χ4n) is 5.93. The SMILES string of the molecule is O=C(O)c1cc(CCc2ccc(Cl)cc2)[nH]n1.O=C(Oc1cc(CSc2ccc(Cl)c(Cl)c2)c[nH]c1=O)c1cc(CCc2ccc(Cl)cc2)[nH]n1.O=c1[nH]cc(CSc2ccc(Cl)c(Cl)c2)cc1O. The summed E-state index contributed by atoms with van der Waals surface area (Å²) in [6, 6.07) is 32.0. The van der Waals surface area contributed by atoms with E-state index in [0.29, 0.717) is 48.1 Å². The van der Waals surface area contributed by atoms with E-state index in [0.717, 1.165) is 62.7 Å². The summed E-state index contributed by atoms with van der Waals surface area (Å²) < 4.78 is 5.32. The van der Waals surface area contributed by atoms with Crippen LogP contribution in [0.1, 0.15) is 54.6 Å². The quantitative estimate of drug-likeness (QED) is 0.0420. The van der Waals surface area contributed by atoms with Gasteiger partial charge >= 0.3 is 11.9 Å². The molecule has 8 aromatic rings. The highest BCUT2D eigenvalue weighted by Crippen LogP contribution is 2.31. The highest BCUT2D eigenvalue weighted by molar-refractivity contribution is 7.98. The van der Waals surface area contributed by atoms with Crippen molar-refractivity contribution in [3.05, 3.63) is 217 Å². The number of hydrogen-bond donors (Lipinski definition) is 6. The third-order valence-electron chi connectivity index (χ3n) is 9.55. The van der Waals surface area contributed by atoms with Gasteiger partial charge in [0.25, 0.3) is 11.1 Å². The van der Waals surface area contributed by atoms with Gasteiger partial charge in [-0.05, 0) is 133 Å². The number of nitrogens with zero attached hydrogens (tertiary/aromatic N) is 2. The molecule has 0 aliphatic carbocycles. The van der Waals surface area contributed by atoms with Crippen LogP contribution in [-0.2, 0) is 37.2 Å². The number of aromatic carboxylic acids is 1. The smallest absolute Gasteiger partial charge is 0.364 e. The monoisotopic (exact) mass is 1080 g/mol. The summed E-state index contributed by atoms with van der Waals surface area (Å²) >= 11 is 38.5. The van der Waals surface area contributed by atoms with Crippen molar-refractivity contribution in [2.45, 2.75) is 47.0 Å². The highest BCUT2D eigenvalue weighted by atomic mass is 35.5. The van der Waals surface area contributed by atoms with Gasteiger partial charge < -0.3 is 24.9 Å². The van der Waals surface area contributed by atoms with Gasteiger partial charge in [-0.15, -0.1) is 23.5 Å². The number of halogens is 6. The van der Waals surface area contributed by atoms with Crippen LogP contribution in [0.5, 0.6) is 11.5 Å². The lowest BCUT2D eigenvalue weighted by Gasteiger charge is -2.06. The van der Waals surface area contributed by atoms with E-state index in [4.69, 9.17) is 79.4 Å². The maximum absolute atomic E-state index is 12.5. The van der Waals surface area contributed by atoms with E-state index in [1.165, 1.54) is 35.7 Å². The molecule has 0 atom stereocenters. The number of aromatic amines is 4. The predicted molar refractivity (Wildman–Crippen MR) is 275 cm³/mol. The molecule has 4 aromatic heterocycles. The Kier molecular flexibility index (Phi) is 19.7. The number of nitrogens with one attached hydrogen (secondary N) is 4. The summed E-state index contributed by atoms with van der Waals surface area (Å²) in [4.78, 5) is 53.3. The number of aryl methyl sites for hydroxylation is 4. The van der Waals surface area contributed by atoms with Crippen LogP contribution in [0.2, 0.25) is 30.1 Å². The lowest BCUT2D eigenvalue weighted by Crippen LogP contribution is -2.17. The lowest BCUT2D eigenvalue weighted by atomic mass is 10.1. The fraction of sp³-hybridized carbons (Fsp3) is 0.125. The summed E-state index contributed by atoms with van der Waals surface area (Å²) in [6.45, 7) is 0. The topological polar surface area (TPSA) is 207 Å². The van der Waals surface area contributed by atoms with Crippen molar-refractivity contribution in [1.82, 2.24) is 30.4 Å². The van der Waals surface area contributed by atoms with E-state index in [9.17, 15) is 24.3 Å². The Morgan fingerprint density at radius 1 is 0.536 bits per heavy atom. The molecule has 4 heterocycles. The average molecular weight is 1090 g/mol. The molecule has 0 fully saturated rings. The molecule has 0 spiro atoms. The van der Waals surface area contributed by atoms with Crippen LogP contribution < -0.4 is 15.9 Å². The van der Waals surface area contributed by atoms with Gasteiger partial charge in [-0.1, -0.05) is 93.9 Å². The molecule has 0 amide bonds. The number of aromatic nitrogens is 6. The third kappa shape index (κ3) is 16.8. The molecule has 0 bridgehead atoms. The van der Waals surface area contributed by atoms with Crippen LogP contribution in [-0.4, -0.2) is 52.5 Å². The van der Waals surface area contributed by atoms with Crippen LogP contribution in [0, 0.1) is 0 Å². The number of carboxylic acid groups (broad SMARTS) is 1. The van der Waals surface area contributed by atoms with Crippen molar-refractivity contribution in [3.8, 4) is 11.5 Å². The number of carbonyl (C=O) groups excluding carboxylic acids is 1. The first kappa shape index (κ1) is 52.7. The summed E-state index contributed by atoms with van der Waals surface area (Å²) in [5.41, 5.74) is 4.61. The van der Waals surface area contributed by atoms with Crippen LogP contribution in [0.15, 0.2) is 141 Å². The standard InChI is InChI=1S/C24H18Cl3N3O3S.C12H9Cl2NO2S.C12H11ClN2O2/c25-16-4-1-14(2-5-16)3-6-17-10-21(30-29-17)24(32)33-22-9-15(12-28-23(22)31)13-34-18-7-8-19(26)20(27)11-18;13-9-2-1-8(4-10(9)14)18-6-7-3-11(16)12(17)15-5-7;13-9-4-1-8(2-5-9)3-6-10-7-11(12(16)17)15-14-10/h1-2,4-5,7-12H,3,6,13H2,(H,28,31)(H,29,30);1-5,16H,6H2,(H,15,17);1-2,4-5,7H,3,6H2,(H,14,15)(H,16,17). The minimum atomic E-state index is -1.01. The first-order valence-electron chi connectivity index (χ1n) is 20.4. The summed E-state index contributed by atoms with van der Waals surface area (Å²) in [5, 5.41) is 34.6. The normalized spacial score (nSPS) is 10.7. The zero-order valence-corrected chi connectivity index (χ0v) is 41.9. The number of ether oxygens (including phenoxy) is 1. The minimum Gasteiger partial charge on any atom is -0.503 e. The number of esters is 1. The Morgan fingerprint density at radius 3 is 1.46 bits per heavy atom. The van der Waals surface area contributed by atoms with Gasteiger partial charge in [0, 0.05) is 55.1 Å². The molecular formula is C48H38Cl6N6O7S2. The predicted octanol–water partition coefficient (Wildman–Crippen LogP) is 12.6. The van der Waals surface area contributed by atoms with E-state index in [1.54, 1.807) is 48.8 Å². The number of carbonyl (C=O) groups is 2. The van der Waals surface area contributed by atoms with Crippen LogP contribution in [0.25, 0.3) is 0 Å². The second-order valence-corrected chi connectivity index (χ2v) is 19.3. The second-order valence-electron chi connectivity index (χ2n) is 14.7. The largest absolute Gasteiger partial charge is 0.503 e. The van der Waals surface area contributed by atoms with E-state index < -0.39 is 23.1 Å². The molecule has 0 radical (unpaired) electrons. The molecule has 0 saturated heterocycles. The van der Waals surface area contributed by atoms with Crippen molar-refractivity contribution in [3.63, 3.8) is 0 Å². The molecule has 6 N–H and O–H groups in total. The number of hydrogen-bond acceptors (Lipinski definition) is 10. The molecule has 21 heteroatoms. The molecule has 356 valence electrons. The zero-order chi connectivity index (χ0) is 49.5. The van der Waals surface area contributed by atoms with Gasteiger partial charge in [-0.25, -0.2) is 9.59 Å². The van der Waals surface area contributed by atoms with E-state index in [2.05, 4.69) is 30.4 Å². The second kappa shape index (κ2) is 25.8. The van der Waals surface area contributed by atoms with Crippen molar-refractivity contribution in [2.24, 2.45) is 0 Å². The number of aromatic hydroxyl groups is 1. The van der Waals surface area contributed by atoms with Gasteiger partial charge in [-0.3, -0.25) is 19.8 Å². The Hall–Kier alpha value is -5.62. The molecule has 0 unspecified atom stereocenters. The number of thioether (sulfide) groups is 2. The van der Waals surface area contributed by atoms with Gasteiger partial charge in [0.05, 0.1) is 20.1 Å². The van der Waals surface area contributed by atoms with E-state index >= 15 is 0 Å². The Balaban J connectivity index is 0.000000188. The van der Waals surface area contributed by atoms with Crippen LogP contribution in [0.4, 0.5) is 0 Å². The zero-order valence-electron chi connectivity index (χ0n) is 35.7. The maximum atomic E-state index is 12.5. The van der Waals surface area contributed by atoms with Crippen molar-refractivity contribution in [2.75, 3.05) is 0 Å². The molecule has 13 nitrogen and oxygen atoms in total. The van der Waals surface area contributed by atoms with Gasteiger partial charge in [0.2, 0.25) is 0 Å². The van der Waals surface area contributed by atoms with Crippen molar-refractivity contribution in [1.29, 1.82) is 0 Å². The summed E-state index contributed by atoms with van der Waals surface area (Å²) in [6.07, 6.45) is 6.11. The molecule has 4 aromatic carbocycles. The minimum absolute atomic E-state index is 0.0520. The lowest BCUT2D eigenvalue weighted by molar-refractivity contribution is 0.0687. The molecule has 69 heavy (non-hydrogen) atoms. The maximum Gasteiger partial charge on any atom is 0.364 e. The molecule has 0 aliphatic heterocycles. The molecule has 8 rings (SSSR count). The first-order valence-corrected chi connectivity index (χ1v) is 24.6. The molecule has 0 aliphatic rings. The number of rotatable bonds is 15. The highest BCUT2D eigenvalue weighted by Gasteiger charge is 2.16. The van der Waals surface area contributed by atoms with Gasteiger partial charge in [-0.2, -0.15) is 10.2 Å². The average Bonchev–Trinajstić information content (AvgIpc) is 4.03. The van der Waals surface area contributed by atoms with E-state index in [-0.39, 0.29) is 22.9 Å². The number of H-pyrrole nitrogens is 4. The first-order chi connectivity index (χ1) is 33.1. The van der Waals surface area contributed by atoms with Crippen LogP contribution in [0.3, 0.4) is 0 Å². The van der Waals surface area contributed by atoms with Crippen molar-refractivity contribution >= 4 is 105 Å². The fourth-order valence-corrected chi connectivity index (χ4v) is 8.64.